The van der Waals surface area contributed by atoms with Crippen LogP contribution in [0, 0.1) is 17.0 Å². The van der Waals surface area contributed by atoms with Gasteiger partial charge in [0.1, 0.15) is 5.69 Å². The molecule has 32 heavy (non-hydrogen) atoms. The van der Waals surface area contributed by atoms with Crippen molar-refractivity contribution in [2.45, 2.75) is 19.5 Å². The number of nitrogens with zero attached hydrogens (tertiary/aromatic N) is 3. The summed E-state index contributed by atoms with van der Waals surface area (Å²) in [6, 6.07) is 23.6. The third-order valence-electron chi connectivity index (χ3n) is 5.78. The molecule has 1 aliphatic rings. The van der Waals surface area contributed by atoms with Gasteiger partial charge >= 0.3 is 0 Å². The summed E-state index contributed by atoms with van der Waals surface area (Å²) in [7, 11) is 0. The van der Waals surface area contributed by atoms with E-state index in [1.165, 1.54) is 12.1 Å². The largest absolute Gasteiger partial charge is 0.322 e. The highest BCUT2D eigenvalue weighted by Crippen LogP contribution is 2.44. The Labute approximate surface area is 184 Å². The second-order valence-electron chi connectivity index (χ2n) is 7.90. The zero-order valence-corrected chi connectivity index (χ0v) is 17.4. The number of nitrogens with one attached hydrogen (secondary N) is 1. The van der Waals surface area contributed by atoms with E-state index < -0.39 is 11.0 Å². The Kier molecular flexibility index (Phi) is 4.78. The average Bonchev–Trinajstić information content (AvgIpc) is 3.34. The van der Waals surface area contributed by atoms with Gasteiger partial charge < -0.3 is 4.90 Å². The van der Waals surface area contributed by atoms with Crippen molar-refractivity contribution in [2.75, 3.05) is 0 Å². The lowest BCUT2D eigenvalue weighted by atomic mass is 9.95. The molecule has 3 aromatic carbocycles. The second kappa shape index (κ2) is 7.77. The van der Waals surface area contributed by atoms with Gasteiger partial charge in [0, 0.05) is 29.8 Å². The molecule has 1 amide bonds. The molecule has 7 nitrogen and oxygen atoms in total. The Morgan fingerprint density at radius 2 is 1.78 bits per heavy atom. The summed E-state index contributed by atoms with van der Waals surface area (Å²) in [5.41, 5.74) is 5.51. The molecule has 2 heterocycles. The highest BCUT2D eigenvalue weighted by Gasteiger charge is 2.42. The van der Waals surface area contributed by atoms with E-state index in [1.54, 1.807) is 11.0 Å². The van der Waals surface area contributed by atoms with Gasteiger partial charge in [0.25, 0.3) is 11.6 Å². The van der Waals surface area contributed by atoms with Crippen molar-refractivity contribution in [1.29, 1.82) is 0 Å². The minimum Gasteiger partial charge on any atom is -0.322 e. The molecule has 0 saturated heterocycles. The van der Waals surface area contributed by atoms with Crippen molar-refractivity contribution < 1.29 is 9.72 Å². The summed E-state index contributed by atoms with van der Waals surface area (Å²) in [5.74, 6) is -0.175. The van der Waals surface area contributed by atoms with E-state index in [9.17, 15) is 14.9 Å². The molecule has 1 N–H and O–H groups in total. The second-order valence-corrected chi connectivity index (χ2v) is 7.90. The molecule has 158 valence electrons. The number of aromatic amines is 1. The number of nitro benzene ring substituents is 1. The van der Waals surface area contributed by atoms with E-state index in [0.717, 1.165) is 22.3 Å². The van der Waals surface area contributed by atoms with E-state index >= 15 is 0 Å². The molecule has 0 aliphatic carbocycles. The van der Waals surface area contributed by atoms with Gasteiger partial charge in [-0.05, 0) is 18.1 Å². The number of hydrogen-bond acceptors (Lipinski definition) is 4. The first-order chi connectivity index (χ1) is 15.5. The van der Waals surface area contributed by atoms with Crippen LogP contribution in [0.4, 0.5) is 5.69 Å². The Balaban J connectivity index is 1.67. The number of carbonyl (C=O) groups is 1. The Morgan fingerprint density at radius 1 is 1.03 bits per heavy atom. The first kappa shape index (κ1) is 19.7. The molecular weight excluding hydrogens is 404 g/mol. The maximum absolute atomic E-state index is 13.4. The molecule has 0 fully saturated rings. The highest BCUT2D eigenvalue weighted by atomic mass is 16.6. The molecular formula is C25H20N4O3. The minimum absolute atomic E-state index is 0.0107. The van der Waals surface area contributed by atoms with Crippen LogP contribution in [0.2, 0.25) is 0 Å². The fourth-order valence-electron chi connectivity index (χ4n) is 4.23. The Morgan fingerprint density at radius 3 is 2.50 bits per heavy atom. The van der Waals surface area contributed by atoms with Gasteiger partial charge in [-0.2, -0.15) is 5.10 Å². The van der Waals surface area contributed by atoms with E-state index in [-0.39, 0.29) is 11.6 Å². The summed E-state index contributed by atoms with van der Waals surface area (Å²) in [4.78, 5) is 26.2. The number of aromatic nitrogens is 2. The van der Waals surface area contributed by atoms with Crippen LogP contribution in [-0.4, -0.2) is 25.9 Å². The first-order valence-electron chi connectivity index (χ1n) is 10.3. The fraction of sp³-hybridized carbons (Fsp3) is 0.120. The highest BCUT2D eigenvalue weighted by molar-refractivity contribution is 6.00. The molecule has 0 spiro atoms. The molecule has 1 aromatic heterocycles. The topological polar surface area (TPSA) is 92.1 Å². The molecule has 1 aliphatic heterocycles. The lowest BCUT2D eigenvalue weighted by Gasteiger charge is -2.26. The van der Waals surface area contributed by atoms with Crippen LogP contribution in [-0.2, 0) is 6.54 Å². The number of nitro groups is 1. The average molecular weight is 424 g/mol. The molecule has 7 heteroatoms. The number of non-ortho nitro benzene ring substituents is 1. The van der Waals surface area contributed by atoms with Crippen LogP contribution in [0.25, 0.3) is 11.3 Å². The lowest BCUT2D eigenvalue weighted by molar-refractivity contribution is -0.384. The monoisotopic (exact) mass is 424 g/mol. The smallest absolute Gasteiger partial charge is 0.273 e. The number of aryl methyl sites for hydroxylation is 1. The van der Waals surface area contributed by atoms with Gasteiger partial charge in [-0.25, -0.2) is 0 Å². The Bertz CT molecular complexity index is 1310. The number of rotatable bonds is 5. The maximum Gasteiger partial charge on any atom is 0.273 e. The molecule has 0 bridgehead atoms. The summed E-state index contributed by atoms with van der Waals surface area (Å²) in [6.45, 7) is 2.39. The fourth-order valence-corrected chi connectivity index (χ4v) is 4.23. The third kappa shape index (κ3) is 3.33. The summed E-state index contributed by atoms with van der Waals surface area (Å²) >= 11 is 0. The van der Waals surface area contributed by atoms with Crippen molar-refractivity contribution >= 4 is 11.6 Å². The number of hydrogen-bond donors (Lipinski definition) is 1. The number of H-pyrrole nitrogens is 1. The van der Waals surface area contributed by atoms with Crippen LogP contribution < -0.4 is 0 Å². The molecule has 0 radical (unpaired) electrons. The van der Waals surface area contributed by atoms with Crippen LogP contribution in [0.5, 0.6) is 0 Å². The third-order valence-corrected chi connectivity index (χ3v) is 5.78. The van der Waals surface area contributed by atoms with Crippen LogP contribution >= 0.6 is 0 Å². The van der Waals surface area contributed by atoms with Gasteiger partial charge in [0.15, 0.2) is 0 Å². The van der Waals surface area contributed by atoms with Gasteiger partial charge in [0.2, 0.25) is 0 Å². The van der Waals surface area contributed by atoms with E-state index in [2.05, 4.69) is 10.2 Å². The first-order valence-corrected chi connectivity index (χ1v) is 10.3. The van der Waals surface area contributed by atoms with Crippen molar-refractivity contribution in [3.05, 3.63) is 117 Å². The van der Waals surface area contributed by atoms with Crippen LogP contribution in [0.15, 0.2) is 78.9 Å². The summed E-state index contributed by atoms with van der Waals surface area (Å²) < 4.78 is 0. The zero-order chi connectivity index (χ0) is 22.2. The summed E-state index contributed by atoms with van der Waals surface area (Å²) in [5, 5.41) is 18.8. The molecule has 4 aromatic rings. The van der Waals surface area contributed by atoms with Gasteiger partial charge in [0.05, 0.1) is 16.7 Å². The van der Waals surface area contributed by atoms with Gasteiger partial charge in [-0.1, -0.05) is 72.3 Å². The van der Waals surface area contributed by atoms with E-state index in [1.807, 2.05) is 67.6 Å². The number of amides is 1. The quantitative estimate of drug-likeness (QED) is 0.359. The van der Waals surface area contributed by atoms with E-state index in [4.69, 9.17) is 0 Å². The van der Waals surface area contributed by atoms with Gasteiger partial charge in [-0.3, -0.25) is 20.0 Å². The molecule has 5 rings (SSSR count). The molecule has 1 atom stereocenters. The predicted molar refractivity (Wildman–Crippen MR) is 120 cm³/mol. The van der Waals surface area contributed by atoms with Crippen LogP contribution in [0.3, 0.4) is 0 Å². The SMILES string of the molecule is Cc1ccc(-c2n[nH]c3c2C(c2cccc([N+](=O)[O-])c2)N(Cc2ccccc2)C3=O)cc1. The zero-order valence-electron chi connectivity index (χ0n) is 17.4. The van der Waals surface area contributed by atoms with Crippen molar-refractivity contribution in [1.82, 2.24) is 15.1 Å². The molecule has 0 saturated carbocycles. The van der Waals surface area contributed by atoms with E-state index in [0.29, 0.717) is 23.5 Å². The van der Waals surface area contributed by atoms with Crippen molar-refractivity contribution in [3.8, 4) is 11.3 Å². The van der Waals surface area contributed by atoms with Gasteiger partial charge in [-0.15, -0.1) is 0 Å². The number of carbonyl (C=O) groups excluding carboxylic acids is 1. The summed E-state index contributed by atoms with van der Waals surface area (Å²) in [6.07, 6.45) is 0. The normalized spacial score (nSPS) is 15.1. The van der Waals surface area contributed by atoms with Crippen molar-refractivity contribution in [2.24, 2.45) is 0 Å². The lowest BCUT2D eigenvalue weighted by Crippen LogP contribution is -2.29. The van der Waals surface area contributed by atoms with Crippen LogP contribution in [0.1, 0.15) is 38.8 Å². The standard InChI is InChI=1S/C25H20N4O3/c1-16-10-12-18(13-11-16)22-21-23(27-26-22)25(30)28(15-17-6-3-2-4-7-17)24(21)19-8-5-9-20(14-19)29(31)32/h2-14,24H,15H2,1H3,(H,26,27). The Hall–Kier alpha value is -4.26. The minimum atomic E-state index is -0.493. The molecule has 1 unspecified atom stereocenters. The number of benzene rings is 3. The van der Waals surface area contributed by atoms with Crippen molar-refractivity contribution in [3.63, 3.8) is 0 Å². The predicted octanol–water partition coefficient (Wildman–Crippen LogP) is 5.04. The maximum atomic E-state index is 13.4. The number of fused-ring (bicyclic) bond motifs is 1.